The Morgan fingerprint density at radius 3 is 2.46 bits per heavy atom. The lowest BCUT2D eigenvalue weighted by Gasteiger charge is -2.16. The molecule has 0 spiro atoms. The van der Waals surface area contributed by atoms with E-state index < -0.39 is 0 Å². The molecule has 13 heavy (non-hydrogen) atoms. The van der Waals surface area contributed by atoms with Crippen molar-refractivity contribution in [3.8, 4) is 0 Å². The number of esters is 1. The topological polar surface area (TPSA) is 26.3 Å². The first-order valence-corrected chi connectivity index (χ1v) is 5.26. The molecule has 1 heterocycles. The Balaban J connectivity index is 2.53. The van der Waals surface area contributed by atoms with Crippen molar-refractivity contribution in [3.63, 3.8) is 0 Å². The quantitative estimate of drug-likeness (QED) is 0.630. The van der Waals surface area contributed by atoms with E-state index in [2.05, 4.69) is 20.8 Å². The molecule has 0 radical (unpaired) electrons. The van der Waals surface area contributed by atoms with E-state index in [4.69, 9.17) is 4.74 Å². The van der Waals surface area contributed by atoms with Gasteiger partial charge < -0.3 is 4.74 Å². The van der Waals surface area contributed by atoms with Crippen LogP contribution >= 0.6 is 0 Å². The zero-order chi connectivity index (χ0) is 10.0. The molecule has 0 amide bonds. The first kappa shape index (κ1) is 10.6. The van der Waals surface area contributed by atoms with Crippen molar-refractivity contribution in [2.75, 3.05) is 0 Å². The molecule has 1 aliphatic rings. The first-order chi connectivity index (χ1) is 6.06. The van der Waals surface area contributed by atoms with Crippen molar-refractivity contribution >= 4 is 5.97 Å². The van der Waals surface area contributed by atoms with Crippen LogP contribution in [-0.4, -0.2) is 12.1 Å². The summed E-state index contributed by atoms with van der Waals surface area (Å²) in [5, 5.41) is 0. The highest BCUT2D eigenvalue weighted by atomic mass is 16.6. The maximum Gasteiger partial charge on any atom is 0.309 e. The van der Waals surface area contributed by atoms with Crippen LogP contribution in [0.15, 0.2) is 0 Å². The third-order valence-electron chi connectivity index (χ3n) is 3.33. The molecule has 2 heteroatoms. The Bertz CT molecular complexity index is 189. The van der Waals surface area contributed by atoms with E-state index in [0.717, 1.165) is 12.8 Å². The Labute approximate surface area is 80.7 Å². The second-order valence-electron chi connectivity index (χ2n) is 4.36. The lowest BCUT2D eigenvalue weighted by molar-refractivity contribution is -0.144. The molecule has 1 fully saturated rings. The third kappa shape index (κ3) is 2.23. The molecule has 0 aliphatic carbocycles. The maximum absolute atomic E-state index is 11.4. The van der Waals surface area contributed by atoms with Gasteiger partial charge in [-0.25, -0.2) is 0 Å². The zero-order valence-corrected chi connectivity index (χ0v) is 9.04. The van der Waals surface area contributed by atoms with Crippen molar-refractivity contribution in [3.05, 3.63) is 0 Å². The number of carbonyl (C=O) groups is 1. The summed E-state index contributed by atoms with van der Waals surface area (Å²) in [5.41, 5.74) is 0. The number of hydrogen-bond donors (Lipinski definition) is 0. The standard InChI is InChI=1S/C11H20O2/c1-5-7(2)6-10-8(3)9(4)13-11(10)12/h7-10H,5-6H2,1-4H3. The lowest BCUT2D eigenvalue weighted by Crippen LogP contribution is -2.18. The molecule has 4 atom stereocenters. The van der Waals surface area contributed by atoms with Crippen LogP contribution in [0.4, 0.5) is 0 Å². The van der Waals surface area contributed by atoms with Crippen molar-refractivity contribution in [1.29, 1.82) is 0 Å². The molecule has 1 aliphatic heterocycles. The molecule has 0 N–H and O–H groups in total. The molecule has 1 saturated heterocycles. The van der Waals surface area contributed by atoms with Gasteiger partial charge in [0.05, 0.1) is 5.92 Å². The lowest BCUT2D eigenvalue weighted by atomic mass is 9.85. The molecule has 1 rings (SSSR count). The van der Waals surface area contributed by atoms with Crippen LogP contribution in [0.3, 0.4) is 0 Å². The average Bonchev–Trinajstić information content (AvgIpc) is 2.32. The summed E-state index contributed by atoms with van der Waals surface area (Å²) in [4.78, 5) is 11.4. The summed E-state index contributed by atoms with van der Waals surface area (Å²) in [6, 6.07) is 0. The highest BCUT2D eigenvalue weighted by Crippen LogP contribution is 2.33. The number of cyclic esters (lactones) is 1. The summed E-state index contributed by atoms with van der Waals surface area (Å²) in [6.45, 7) is 8.46. The van der Waals surface area contributed by atoms with E-state index in [1.165, 1.54) is 0 Å². The van der Waals surface area contributed by atoms with E-state index in [1.807, 2.05) is 6.92 Å². The van der Waals surface area contributed by atoms with E-state index in [9.17, 15) is 4.79 Å². The Hall–Kier alpha value is -0.530. The summed E-state index contributed by atoms with van der Waals surface area (Å²) in [7, 11) is 0. The summed E-state index contributed by atoms with van der Waals surface area (Å²) >= 11 is 0. The summed E-state index contributed by atoms with van der Waals surface area (Å²) in [6.07, 6.45) is 2.24. The van der Waals surface area contributed by atoms with Crippen LogP contribution in [0.1, 0.15) is 40.5 Å². The van der Waals surface area contributed by atoms with Crippen LogP contribution in [-0.2, 0) is 9.53 Å². The van der Waals surface area contributed by atoms with Gasteiger partial charge in [-0.15, -0.1) is 0 Å². The molecule has 0 aromatic carbocycles. The predicted octanol–water partition coefficient (Wildman–Crippen LogP) is 2.62. The minimum absolute atomic E-state index is 0.0142. The van der Waals surface area contributed by atoms with Gasteiger partial charge in [0.25, 0.3) is 0 Å². The van der Waals surface area contributed by atoms with Gasteiger partial charge >= 0.3 is 5.97 Å². The van der Waals surface area contributed by atoms with Gasteiger partial charge in [0.2, 0.25) is 0 Å². The van der Waals surface area contributed by atoms with E-state index in [1.54, 1.807) is 0 Å². The normalized spacial score (nSPS) is 36.0. The van der Waals surface area contributed by atoms with E-state index in [0.29, 0.717) is 11.8 Å². The molecule has 2 nitrogen and oxygen atoms in total. The monoisotopic (exact) mass is 184 g/mol. The summed E-state index contributed by atoms with van der Waals surface area (Å²) in [5.74, 6) is 1.18. The van der Waals surface area contributed by atoms with Crippen molar-refractivity contribution in [2.24, 2.45) is 17.8 Å². The fourth-order valence-corrected chi connectivity index (χ4v) is 1.83. The molecule has 0 saturated carbocycles. The number of ether oxygens (including phenoxy) is 1. The van der Waals surface area contributed by atoms with Crippen molar-refractivity contribution in [1.82, 2.24) is 0 Å². The molecule has 76 valence electrons. The Morgan fingerprint density at radius 2 is 2.08 bits per heavy atom. The minimum atomic E-state index is 0.0142. The van der Waals surface area contributed by atoms with Gasteiger partial charge in [-0.2, -0.15) is 0 Å². The highest BCUT2D eigenvalue weighted by molar-refractivity contribution is 5.75. The van der Waals surface area contributed by atoms with Gasteiger partial charge in [0.1, 0.15) is 6.10 Å². The minimum Gasteiger partial charge on any atom is -0.462 e. The van der Waals surface area contributed by atoms with Gasteiger partial charge in [-0.1, -0.05) is 27.2 Å². The smallest absolute Gasteiger partial charge is 0.309 e. The number of carbonyl (C=O) groups excluding carboxylic acids is 1. The fourth-order valence-electron chi connectivity index (χ4n) is 1.83. The van der Waals surface area contributed by atoms with E-state index >= 15 is 0 Å². The van der Waals surface area contributed by atoms with Gasteiger partial charge in [0.15, 0.2) is 0 Å². The van der Waals surface area contributed by atoms with Crippen LogP contribution < -0.4 is 0 Å². The maximum atomic E-state index is 11.4. The Morgan fingerprint density at radius 1 is 1.46 bits per heavy atom. The first-order valence-electron chi connectivity index (χ1n) is 5.26. The third-order valence-corrected chi connectivity index (χ3v) is 3.33. The second-order valence-corrected chi connectivity index (χ2v) is 4.36. The van der Waals surface area contributed by atoms with Gasteiger partial charge in [0, 0.05) is 5.92 Å². The van der Waals surface area contributed by atoms with Crippen molar-refractivity contribution in [2.45, 2.75) is 46.6 Å². The SMILES string of the molecule is CCC(C)CC1C(=O)OC(C)C1C. The molecule has 4 unspecified atom stereocenters. The largest absolute Gasteiger partial charge is 0.462 e. The van der Waals surface area contributed by atoms with Crippen LogP contribution in [0.5, 0.6) is 0 Å². The number of rotatable bonds is 3. The van der Waals surface area contributed by atoms with Crippen molar-refractivity contribution < 1.29 is 9.53 Å². The van der Waals surface area contributed by atoms with Crippen LogP contribution in [0.2, 0.25) is 0 Å². The van der Waals surface area contributed by atoms with E-state index in [-0.39, 0.29) is 18.0 Å². The van der Waals surface area contributed by atoms with Gasteiger partial charge in [-0.05, 0) is 19.3 Å². The highest BCUT2D eigenvalue weighted by Gasteiger charge is 2.39. The zero-order valence-electron chi connectivity index (χ0n) is 9.04. The number of hydrogen-bond acceptors (Lipinski definition) is 2. The molecule has 0 aromatic heterocycles. The van der Waals surface area contributed by atoms with Crippen LogP contribution in [0.25, 0.3) is 0 Å². The molecular formula is C11H20O2. The average molecular weight is 184 g/mol. The van der Waals surface area contributed by atoms with Gasteiger partial charge in [-0.3, -0.25) is 4.79 Å². The molecule has 0 bridgehead atoms. The Kier molecular flexibility index (Phi) is 3.34. The second kappa shape index (κ2) is 4.12. The molecule has 0 aromatic rings. The fraction of sp³-hybridized carbons (Fsp3) is 0.909. The molecular weight excluding hydrogens is 164 g/mol. The summed E-state index contributed by atoms with van der Waals surface area (Å²) < 4.78 is 5.19. The predicted molar refractivity (Wildman–Crippen MR) is 52.3 cm³/mol. The van der Waals surface area contributed by atoms with Crippen LogP contribution in [0, 0.1) is 17.8 Å².